The number of carbonyl (C=O) groups excluding carboxylic acids is 1. The summed E-state index contributed by atoms with van der Waals surface area (Å²) in [7, 11) is 0. The molecule has 0 bridgehead atoms. The first kappa shape index (κ1) is 22.0. The number of carbonyl (C=O) groups is 1. The second-order valence-corrected chi connectivity index (χ2v) is 6.43. The molecule has 1 aromatic rings. The predicted molar refractivity (Wildman–Crippen MR) is 115 cm³/mol. The Bertz CT molecular complexity index is 548. The normalized spacial score (nSPS) is 14.0. The summed E-state index contributed by atoms with van der Waals surface area (Å²) in [5.74, 6) is 1.56. The molecule has 6 nitrogen and oxygen atoms in total. The van der Waals surface area contributed by atoms with Gasteiger partial charge in [-0.05, 0) is 44.0 Å². The molecule has 1 amide bonds. The minimum Gasteiger partial charge on any atom is -0.492 e. The molecule has 1 aromatic carbocycles. The number of nitrogens with one attached hydrogen (secondary N) is 2. The highest BCUT2D eigenvalue weighted by atomic mass is 127. The molecule has 1 aliphatic rings. The maximum absolute atomic E-state index is 12.0. The van der Waals surface area contributed by atoms with E-state index in [9.17, 15) is 4.79 Å². The fourth-order valence-electron chi connectivity index (χ4n) is 2.42. The fourth-order valence-corrected chi connectivity index (χ4v) is 2.69. The molecule has 0 spiro atoms. The first-order valence-electron chi connectivity index (χ1n) is 8.37. The number of rotatable bonds is 7. The van der Waals surface area contributed by atoms with Crippen molar-refractivity contribution in [2.24, 2.45) is 4.99 Å². The molecule has 0 unspecified atom stereocenters. The Morgan fingerprint density at radius 1 is 1.24 bits per heavy atom. The summed E-state index contributed by atoms with van der Waals surface area (Å²) < 4.78 is 6.68. The highest BCUT2D eigenvalue weighted by Gasteiger charge is 2.17. The number of benzene rings is 1. The molecule has 0 atom stereocenters. The van der Waals surface area contributed by atoms with Gasteiger partial charge in [-0.1, -0.05) is 15.9 Å². The third-order valence-corrected chi connectivity index (χ3v) is 4.18. The summed E-state index contributed by atoms with van der Waals surface area (Å²) in [5.41, 5.74) is 0. The van der Waals surface area contributed by atoms with Gasteiger partial charge in [-0.3, -0.25) is 4.79 Å². The third-order valence-electron chi connectivity index (χ3n) is 3.65. The van der Waals surface area contributed by atoms with Gasteiger partial charge in [0, 0.05) is 24.1 Å². The van der Waals surface area contributed by atoms with Crippen molar-refractivity contribution in [1.82, 2.24) is 15.5 Å². The predicted octanol–water partition coefficient (Wildman–Crippen LogP) is 2.62. The fraction of sp³-hybridized carbons (Fsp3) is 0.529. The lowest BCUT2D eigenvalue weighted by Crippen LogP contribution is -2.40. The monoisotopic (exact) mass is 524 g/mol. The van der Waals surface area contributed by atoms with Crippen LogP contribution < -0.4 is 15.4 Å². The number of aliphatic imine (C=N–C) groups is 1. The van der Waals surface area contributed by atoms with Gasteiger partial charge in [-0.2, -0.15) is 0 Å². The SMILES string of the molecule is CCNC(=NCC(=O)N1CCCC1)NCCOc1ccc(Br)cc1.I. The van der Waals surface area contributed by atoms with Crippen molar-refractivity contribution in [2.75, 3.05) is 39.3 Å². The largest absolute Gasteiger partial charge is 0.492 e. The quantitative estimate of drug-likeness (QED) is 0.249. The van der Waals surface area contributed by atoms with Gasteiger partial charge >= 0.3 is 0 Å². The molecule has 0 aliphatic carbocycles. The molecule has 2 rings (SSSR count). The Kier molecular flexibility index (Phi) is 10.9. The average molecular weight is 525 g/mol. The van der Waals surface area contributed by atoms with Crippen LogP contribution in [0.2, 0.25) is 0 Å². The molecule has 1 fully saturated rings. The van der Waals surface area contributed by atoms with Crippen LogP contribution in [0.4, 0.5) is 0 Å². The van der Waals surface area contributed by atoms with Crippen molar-refractivity contribution in [3.05, 3.63) is 28.7 Å². The highest BCUT2D eigenvalue weighted by Crippen LogP contribution is 2.15. The Balaban J connectivity index is 0.00000312. The van der Waals surface area contributed by atoms with Crippen LogP contribution in [0.1, 0.15) is 19.8 Å². The number of amides is 1. The molecule has 2 N–H and O–H groups in total. The summed E-state index contributed by atoms with van der Waals surface area (Å²) in [6.45, 7) is 5.78. The van der Waals surface area contributed by atoms with E-state index in [1.807, 2.05) is 36.1 Å². The lowest BCUT2D eigenvalue weighted by atomic mass is 10.3. The number of guanidine groups is 1. The van der Waals surface area contributed by atoms with Crippen molar-refractivity contribution in [2.45, 2.75) is 19.8 Å². The van der Waals surface area contributed by atoms with Crippen LogP contribution in [-0.4, -0.2) is 56.1 Å². The second-order valence-electron chi connectivity index (χ2n) is 5.51. The van der Waals surface area contributed by atoms with E-state index in [1.54, 1.807) is 0 Å². The third kappa shape index (κ3) is 8.26. The number of ether oxygens (including phenoxy) is 1. The number of halogens is 2. The van der Waals surface area contributed by atoms with E-state index < -0.39 is 0 Å². The van der Waals surface area contributed by atoms with E-state index in [0.29, 0.717) is 19.1 Å². The molecule has 0 radical (unpaired) electrons. The Morgan fingerprint density at radius 2 is 1.92 bits per heavy atom. The number of hydrogen-bond donors (Lipinski definition) is 2. The molecule has 25 heavy (non-hydrogen) atoms. The average Bonchev–Trinajstić information content (AvgIpc) is 3.12. The van der Waals surface area contributed by atoms with Crippen LogP contribution in [0, 0.1) is 0 Å². The minimum atomic E-state index is 0. The minimum absolute atomic E-state index is 0. The first-order chi connectivity index (χ1) is 11.7. The van der Waals surface area contributed by atoms with Crippen LogP contribution in [0.15, 0.2) is 33.7 Å². The molecule has 140 valence electrons. The van der Waals surface area contributed by atoms with E-state index in [1.165, 1.54) is 0 Å². The second kappa shape index (κ2) is 12.3. The van der Waals surface area contributed by atoms with E-state index in [2.05, 4.69) is 31.6 Å². The molecule has 1 heterocycles. The number of hydrogen-bond acceptors (Lipinski definition) is 3. The van der Waals surface area contributed by atoms with Gasteiger partial charge < -0.3 is 20.3 Å². The molecule has 8 heteroatoms. The Hall–Kier alpha value is -1.03. The zero-order valence-electron chi connectivity index (χ0n) is 14.5. The van der Waals surface area contributed by atoms with Crippen LogP contribution in [-0.2, 0) is 4.79 Å². The van der Waals surface area contributed by atoms with Gasteiger partial charge in [-0.15, -0.1) is 24.0 Å². The molecule has 1 aliphatic heterocycles. The zero-order valence-corrected chi connectivity index (χ0v) is 18.4. The van der Waals surface area contributed by atoms with Crippen molar-refractivity contribution in [3.8, 4) is 5.75 Å². The van der Waals surface area contributed by atoms with E-state index >= 15 is 0 Å². The topological polar surface area (TPSA) is 66.0 Å². The van der Waals surface area contributed by atoms with Crippen molar-refractivity contribution in [1.29, 1.82) is 0 Å². The van der Waals surface area contributed by atoms with Gasteiger partial charge in [0.05, 0.1) is 6.54 Å². The number of likely N-dealkylation sites (tertiary alicyclic amines) is 1. The zero-order chi connectivity index (χ0) is 17.2. The summed E-state index contributed by atoms with van der Waals surface area (Å²) >= 11 is 3.39. The van der Waals surface area contributed by atoms with E-state index in [4.69, 9.17) is 4.74 Å². The van der Waals surface area contributed by atoms with Crippen LogP contribution in [0.25, 0.3) is 0 Å². The van der Waals surface area contributed by atoms with Gasteiger partial charge in [0.15, 0.2) is 5.96 Å². The highest BCUT2D eigenvalue weighted by molar-refractivity contribution is 14.0. The molecule has 0 saturated carbocycles. The molecular formula is C17H26BrIN4O2. The summed E-state index contributed by atoms with van der Waals surface area (Å²) in [6, 6.07) is 7.71. The standard InChI is InChI=1S/C17H25BrN4O2.HI/c1-2-19-17(21-13-16(23)22-10-3-4-11-22)20-9-12-24-15-7-5-14(18)6-8-15;/h5-8H,2-4,9-13H2,1H3,(H2,19,20,21);1H. The van der Waals surface area contributed by atoms with Crippen LogP contribution in [0.5, 0.6) is 5.75 Å². The van der Waals surface area contributed by atoms with E-state index in [0.717, 1.165) is 42.7 Å². The van der Waals surface area contributed by atoms with Crippen LogP contribution >= 0.6 is 39.9 Å². The van der Waals surface area contributed by atoms with E-state index in [-0.39, 0.29) is 36.4 Å². The Labute approximate surface area is 174 Å². The van der Waals surface area contributed by atoms with Gasteiger partial charge in [-0.25, -0.2) is 4.99 Å². The summed E-state index contributed by atoms with van der Waals surface area (Å²) in [6.07, 6.45) is 2.20. The summed E-state index contributed by atoms with van der Waals surface area (Å²) in [5, 5.41) is 6.32. The molecular weight excluding hydrogens is 499 g/mol. The summed E-state index contributed by atoms with van der Waals surface area (Å²) in [4.78, 5) is 18.3. The smallest absolute Gasteiger partial charge is 0.244 e. The first-order valence-corrected chi connectivity index (χ1v) is 9.16. The van der Waals surface area contributed by atoms with Gasteiger partial charge in [0.25, 0.3) is 0 Å². The Morgan fingerprint density at radius 3 is 2.56 bits per heavy atom. The van der Waals surface area contributed by atoms with Crippen molar-refractivity contribution in [3.63, 3.8) is 0 Å². The number of nitrogens with zero attached hydrogens (tertiary/aromatic N) is 2. The van der Waals surface area contributed by atoms with Gasteiger partial charge in [0.1, 0.15) is 18.9 Å². The molecule has 0 aromatic heterocycles. The maximum atomic E-state index is 12.0. The van der Waals surface area contributed by atoms with Crippen LogP contribution in [0.3, 0.4) is 0 Å². The molecule has 1 saturated heterocycles. The van der Waals surface area contributed by atoms with Gasteiger partial charge in [0.2, 0.25) is 5.91 Å². The van der Waals surface area contributed by atoms with Crippen molar-refractivity contribution >= 4 is 51.8 Å². The maximum Gasteiger partial charge on any atom is 0.244 e. The lowest BCUT2D eigenvalue weighted by Gasteiger charge is -2.15. The van der Waals surface area contributed by atoms with Crippen molar-refractivity contribution < 1.29 is 9.53 Å². The lowest BCUT2D eigenvalue weighted by molar-refractivity contribution is -0.128.